The van der Waals surface area contributed by atoms with Crippen molar-refractivity contribution in [2.24, 2.45) is 5.92 Å². The first-order valence-corrected chi connectivity index (χ1v) is 7.19. The number of rotatable bonds is 3. The molecule has 1 aromatic rings. The molecule has 0 spiro atoms. The summed E-state index contributed by atoms with van der Waals surface area (Å²) in [7, 11) is 0. The Balaban J connectivity index is 2.30. The van der Waals surface area contributed by atoms with Crippen LogP contribution in [0.2, 0.25) is 0 Å². The fourth-order valence-corrected chi connectivity index (χ4v) is 3.66. The minimum atomic E-state index is -0.954. The van der Waals surface area contributed by atoms with E-state index in [0.29, 0.717) is 17.1 Å². The number of amides is 1. The number of carboxylic acids is 1. The lowest BCUT2D eigenvalue weighted by Gasteiger charge is -2.29. The van der Waals surface area contributed by atoms with Crippen LogP contribution in [0.1, 0.15) is 30.0 Å². The third-order valence-corrected chi connectivity index (χ3v) is 4.72. The molecule has 2 unspecified atom stereocenters. The quantitative estimate of drug-likeness (QED) is 0.921. The van der Waals surface area contributed by atoms with Crippen molar-refractivity contribution >= 4 is 23.6 Å². The Morgan fingerprint density at radius 2 is 2.21 bits per heavy atom. The zero-order valence-corrected chi connectivity index (χ0v) is 11.9. The van der Waals surface area contributed by atoms with E-state index in [9.17, 15) is 14.7 Å². The fraction of sp³-hybridized carbons (Fsp3) is 0.538. The van der Waals surface area contributed by atoms with Crippen molar-refractivity contribution in [1.29, 1.82) is 0 Å². The highest BCUT2D eigenvalue weighted by Crippen LogP contribution is 2.35. The number of hydrogen-bond donors (Lipinski definition) is 1. The minimum absolute atomic E-state index is 0.108. The summed E-state index contributed by atoms with van der Waals surface area (Å²) in [6.45, 7) is 5.73. The number of aryl methyl sites for hydroxylation is 1. The SMILES string of the molecule is Cc1cc(C(=O)N2C(C(=O)O)CSC2C(C)C)co1. The van der Waals surface area contributed by atoms with E-state index < -0.39 is 12.0 Å². The van der Waals surface area contributed by atoms with E-state index >= 15 is 0 Å². The molecule has 2 rings (SSSR count). The van der Waals surface area contributed by atoms with Gasteiger partial charge in [-0.05, 0) is 18.9 Å². The summed E-state index contributed by atoms with van der Waals surface area (Å²) in [4.78, 5) is 25.2. The molecule has 2 heterocycles. The molecule has 19 heavy (non-hydrogen) atoms. The summed E-state index contributed by atoms with van der Waals surface area (Å²) in [5, 5.41) is 9.15. The maximum atomic E-state index is 12.5. The Labute approximate surface area is 116 Å². The number of carbonyl (C=O) groups is 2. The lowest BCUT2D eigenvalue weighted by molar-refractivity contribution is -0.141. The highest BCUT2D eigenvalue weighted by molar-refractivity contribution is 8.00. The Morgan fingerprint density at radius 1 is 1.53 bits per heavy atom. The van der Waals surface area contributed by atoms with Crippen LogP contribution in [-0.2, 0) is 4.79 Å². The van der Waals surface area contributed by atoms with Crippen LogP contribution in [0.5, 0.6) is 0 Å². The van der Waals surface area contributed by atoms with Crippen LogP contribution in [0, 0.1) is 12.8 Å². The summed E-state index contributed by atoms with van der Waals surface area (Å²) in [6, 6.07) is 0.877. The number of carbonyl (C=O) groups excluding carboxylic acids is 1. The zero-order valence-electron chi connectivity index (χ0n) is 11.1. The zero-order chi connectivity index (χ0) is 14.2. The average Bonchev–Trinajstić information content (AvgIpc) is 2.93. The third kappa shape index (κ3) is 2.63. The monoisotopic (exact) mass is 283 g/mol. The van der Waals surface area contributed by atoms with Gasteiger partial charge in [-0.3, -0.25) is 4.79 Å². The van der Waals surface area contributed by atoms with Gasteiger partial charge in [0, 0.05) is 5.75 Å². The maximum Gasteiger partial charge on any atom is 0.327 e. The van der Waals surface area contributed by atoms with Crippen LogP contribution in [0.4, 0.5) is 0 Å². The first-order chi connectivity index (χ1) is 8.91. The number of carboxylic acid groups (broad SMARTS) is 1. The van der Waals surface area contributed by atoms with Crippen LogP contribution in [0.25, 0.3) is 0 Å². The van der Waals surface area contributed by atoms with E-state index in [1.54, 1.807) is 13.0 Å². The van der Waals surface area contributed by atoms with Crippen LogP contribution < -0.4 is 0 Å². The molecule has 5 nitrogen and oxygen atoms in total. The molecule has 0 aromatic carbocycles. The number of aliphatic carboxylic acids is 1. The highest BCUT2D eigenvalue weighted by atomic mass is 32.2. The molecule has 1 aromatic heterocycles. The predicted molar refractivity (Wildman–Crippen MR) is 72.1 cm³/mol. The van der Waals surface area contributed by atoms with Crippen molar-refractivity contribution in [3.8, 4) is 0 Å². The van der Waals surface area contributed by atoms with Gasteiger partial charge in [0.25, 0.3) is 5.91 Å². The number of hydrogen-bond acceptors (Lipinski definition) is 4. The van der Waals surface area contributed by atoms with Gasteiger partial charge in [-0.1, -0.05) is 13.8 Å². The number of thioether (sulfide) groups is 1. The molecular weight excluding hydrogens is 266 g/mol. The molecular formula is C13H17NO4S. The lowest BCUT2D eigenvalue weighted by Crippen LogP contribution is -2.47. The largest absolute Gasteiger partial charge is 0.480 e. The van der Waals surface area contributed by atoms with Gasteiger partial charge in [0.05, 0.1) is 10.9 Å². The van der Waals surface area contributed by atoms with E-state index in [2.05, 4.69) is 0 Å². The first kappa shape index (κ1) is 14.0. The maximum absolute atomic E-state index is 12.5. The normalized spacial score (nSPS) is 23.1. The molecule has 1 fully saturated rings. The molecule has 2 atom stereocenters. The molecule has 0 aliphatic carbocycles. The van der Waals surface area contributed by atoms with Crippen LogP contribution in [-0.4, -0.2) is 39.1 Å². The van der Waals surface area contributed by atoms with Gasteiger partial charge in [-0.25, -0.2) is 4.79 Å². The second-order valence-electron chi connectivity index (χ2n) is 4.98. The Bertz CT molecular complexity index is 497. The summed E-state index contributed by atoms with van der Waals surface area (Å²) in [5.41, 5.74) is 0.414. The van der Waals surface area contributed by atoms with Crippen LogP contribution in [0.15, 0.2) is 16.7 Å². The Kier molecular flexibility index (Phi) is 3.89. The van der Waals surface area contributed by atoms with Crippen molar-refractivity contribution in [3.63, 3.8) is 0 Å². The van der Waals surface area contributed by atoms with Crippen molar-refractivity contribution in [2.75, 3.05) is 5.75 Å². The van der Waals surface area contributed by atoms with Gasteiger partial charge in [0.1, 0.15) is 18.1 Å². The first-order valence-electron chi connectivity index (χ1n) is 6.14. The van der Waals surface area contributed by atoms with Gasteiger partial charge in [0.15, 0.2) is 0 Å². The van der Waals surface area contributed by atoms with Gasteiger partial charge < -0.3 is 14.4 Å². The smallest absolute Gasteiger partial charge is 0.327 e. The molecule has 0 saturated carbocycles. The minimum Gasteiger partial charge on any atom is -0.480 e. The van der Waals surface area contributed by atoms with Crippen LogP contribution >= 0.6 is 11.8 Å². The molecule has 104 valence electrons. The molecule has 1 aliphatic heterocycles. The molecule has 1 amide bonds. The van der Waals surface area contributed by atoms with Crippen molar-refractivity contribution in [3.05, 3.63) is 23.7 Å². The Hall–Kier alpha value is -1.43. The van der Waals surface area contributed by atoms with Gasteiger partial charge in [-0.2, -0.15) is 0 Å². The van der Waals surface area contributed by atoms with E-state index in [0.717, 1.165) is 0 Å². The van der Waals surface area contributed by atoms with Gasteiger partial charge >= 0.3 is 5.97 Å². The molecule has 0 radical (unpaired) electrons. The predicted octanol–water partition coefficient (Wildman–Crippen LogP) is 2.21. The standard InChI is InChI=1S/C13H17NO4S/c1-7(2)12-14(10(6-19-12)13(16)17)11(15)9-4-8(3)18-5-9/h4-5,7,10,12H,6H2,1-3H3,(H,16,17). The average molecular weight is 283 g/mol. The second-order valence-corrected chi connectivity index (χ2v) is 6.13. The molecule has 1 aliphatic rings. The van der Waals surface area contributed by atoms with Crippen LogP contribution in [0.3, 0.4) is 0 Å². The molecule has 1 N–H and O–H groups in total. The number of furan rings is 1. The van der Waals surface area contributed by atoms with Crippen molar-refractivity contribution in [1.82, 2.24) is 4.90 Å². The molecule has 1 saturated heterocycles. The Morgan fingerprint density at radius 3 is 2.68 bits per heavy atom. The van der Waals surface area contributed by atoms with Gasteiger partial charge in [0.2, 0.25) is 0 Å². The second kappa shape index (κ2) is 5.28. The van der Waals surface area contributed by atoms with Gasteiger partial charge in [-0.15, -0.1) is 11.8 Å². The summed E-state index contributed by atoms with van der Waals surface area (Å²) < 4.78 is 5.13. The molecule has 0 bridgehead atoms. The van der Waals surface area contributed by atoms with E-state index in [1.165, 1.54) is 22.9 Å². The van der Waals surface area contributed by atoms with Crippen molar-refractivity contribution < 1.29 is 19.1 Å². The lowest BCUT2D eigenvalue weighted by atomic mass is 10.1. The number of nitrogens with zero attached hydrogens (tertiary/aromatic N) is 1. The highest BCUT2D eigenvalue weighted by Gasteiger charge is 2.43. The van der Waals surface area contributed by atoms with E-state index in [4.69, 9.17) is 4.42 Å². The van der Waals surface area contributed by atoms with Crippen molar-refractivity contribution in [2.45, 2.75) is 32.2 Å². The molecule has 6 heteroatoms. The summed E-state index contributed by atoms with van der Waals surface area (Å²) in [6.07, 6.45) is 1.39. The van der Waals surface area contributed by atoms with E-state index in [1.807, 2.05) is 13.8 Å². The summed E-state index contributed by atoms with van der Waals surface area (Å²) in [5.74, 6) is 0.0486. The third-order valence-electron chi connectivity index (χ3n) is 3.10. The fourth-order valence-electron chi connectivity index (χ4n) is 2.19. The topological polar surface area (TPSA) is 70.8 Å². The van der Waals surface area contributed by atoms with E-state index in [-0.39, 0.29) is 17.2 Å². The summed E-state index contributed by atoms with van der Waals surface area (Å²) >= 11 is 1.52.